The summed E-state index contributed by atoms with van der Waals surface area (Å²) < 4.78 is 43.9. The molecular weight excluding hydrogens is 1280 g/mol. The summed E-state index contributed by atoms with van der Waals surface area (Å²) in [5, 5.41) is 59.1. The fraction of sp³-hybridized carbons (Fsp3) is 0.294. The zero-order valence-electron chi connectivity index (χ0n) is 52.9. The van der Waals surface area contributed by atoms with Gasteiger partial charge in [0.05, 0.1) is 76.1 Å². The van der Waals surface area contributed by atoms with Crippen LogP contribution >= 0.6 is 0 Å². The molecule has 30 heteroatoms. The van der Waals surface area contributed by atoms with Gasteiger partial charge in [-0.1, -0.05) is 66.7 Å². The molecular formula is C68H74N8O22. The summed E-state index contributed by atoms with van der Waals surface area (Å²) in [5.41, 5.74) is 14.4. The second kappa shape index (κ2) is 39.3. The SMILES string of the molecule is N=C(N)Cc1ccc(C(=O)Oc2ccc(COC(=O)N(Cc3cccc(C(=O)CCCOCCOCCOCCOCCNC(=O)c4cccc(CN(C(=O)OCc5ccc(OC(=O)c6ccc(NC(=N)N)cc6)cc5)[C@@H](CC(=O)O)C(=O)O)c4)c3)[C@@H](CC(=O)O)C(=O)O)cc2)cc1. The van der Waals surface area contributed by atoms with Gasteiger partial charge in [0, 0.05) is 55.9 Å². The first-order valence-corrected chi connectivity index (χ1v) is 30.3. The van der Waals surface area contributed by atoms with Gasteiger partial charge in [-0.25, -0.2) is 28.8 Å². The molecule has 0 heterocycles. The number of nitrogens with one attached hydrogen (secondary N) is 4. The Bertz CT molecular complexity index is 3500. The van der Waals surface area contributed by atoms with Gasteiger partial charge in [0.1, 0.15) is 36.8 Å². The molecule has 0 saturated carbocycles. The molecule has 6 aromatic carbocycles. The van der Waals surface area contributed by atoms with Crippen LogP contribution in [-0.4, -0.2) is 173 Å². The van der Waals surface area contributed by atoms with E-state index in [0.29, 0.717) is 34.4 Å². The number of carbonyl (C=O) groups excluding carboxylic acids is 6. The largest absolute Gasteiger partial charge is 0.481 e. The number of ketones is 1. The van der Waals surface area contributed by atoms with Crippen molar-refractivity contribution in [1.82, 2.24) is 15.1 Å². The highest BCUT2D eigenvalue weighted by Crippen LogP contribution is 2.23. The number of aliphatic carboxylic acids is 4. The molecule has 0 saturated heterocycles. The van der Waals surface area contributed by atoms with E-state index < -0.39 is 91.9 Å². The van der Waals surface area contributed by atoms with Crippen molar-refractivity contribution in [1.29, 1.82) is 10.8 Å². The van der Waals surface area contributed by atoms with Crippen LogP contribution in [0.1, 0.15) is 94.9 Å². The number of nitrogens with zero attached hydrogens (tertiary/aromatic N) is 2. The van der Waals surface area contributed by atoms with Gasteiger partial charge in [-0.05, 0) is 113 Å². The number of carboxylic acids is 4. The van der Waals surface area contributed by atoms with E-state index in [4.69, 9.17) is 60.2 Å². The average Bonchev–Trinajstić information content (AvgIpc) is 0.856. The van der Waals surface area contributed by atoms with Crippen molar-refractivity contribution in [3.05, 3.63) is 196 Å². The predicted octanol–water partition coefficient (Wildman–Crippen LogP) is 6.50. The van der Waals surface area contributed by atoms with E-state index in [1.54, 1.807) is 42.5 Å². The number of anilines is 1. The maximum atomic E-state index is 13.5. The van der Waals surface area contributed by atoms with Gasteiger partial charge >= 0.3 is 48.0 Å². The number of hydrogen-bond acceptors (Lipinski definition) is 20. The van der Waals surface area contributed by atoms with Crippen LogP contribution in [0, 0.1) is 10.8 Å². The van der Waals surface area contributed by atoms with Crippen LogP contribution in [0.15, 0.2) is 146 Å². The van der Waals surface area contributed by atoms with Crippen molar-refractivity contribution in [2.75, 3.05) is 64.7 Å². The Hall–Kier alpha value is -11.6. The third kappa shape index (κ3) is 26.3. The van der Waals surface area contributed by atoms with Crippen LogP contribution in [0.5, 0.6) is 11.5 Å². The fourth-order valence-corrected chi connectivity index (χ4v) is 9.14. The van der Waals surface area contributed by atoms with Crippen LogP contribution in [0.3, 0.4) is 0 Å². The molecule has 0 radical (unpaired) electrons. The molecule has 0 aliphatic rings. The Morgan fingerprint density at radius 2 is 0.888 bits per heavy atom. The molecule has 6 aromatic rings. The Kier molecular flexibility index (Phi) is 30.3. The highest BCUT2D eigenvalue weighted by molar-refractivity contribution is 5.97. The lowest BCUT2D eigenvalue weighted by molar-refractivity contribution is -0.149. The molecule has 2 atom stereocenters. The first-order valence-electron chi connectivity index (χ1n) is 30.3. The number of amidine groups is 1. The minimum Gasteiger partial charge on any atom is -0.481 e. The van der Waals surface area contributed by atoms with Crippen LogP contribution in [0.4, 0.5) is 15.3 Å². The van der Waals surface area contributed by atoms with Crippen LogP contribution in [-0.2, 0) is 80.3 Å². The summed E-state index contributed by atoms with van der Waals surface area (Å²) in [4.78, 5) is 128. The molecule has 3 amide bonds. The Balaban J connectivity index is 0.834. The third-order valence-corrected chi connectivity index (χ3v) is 14.0. The van der Waals surface area contributed by atoms with Gasteiger partial charge in [-0.2, -0.15) is 0 Å². The van der Waals surface area contributed by atoms with Crippen LogP contribution < -0.4 is 31.6 Å². The van der Waals surface area contributed by atoms with E-state index in [0.717, 1.165) is 15.4 Å². The summed E-state index contributed by atoms with van der Waals surface area (Å²) in [6.07, 6.45) is -3.52. The Morgan fingerprint density at radius 1 is 0.469 bits per heavy atom. The maximum absolute atomic E-state index is 13.5. The summed E-state index contributed by atoms with van der Waals surface area (Å²) in [7, 11) is 0. The van der Waals surface area contributed by atoms with Crippen molar-refractivity contribution in [2.45, 2.75) is 70.5 Å². The lowest BCUT2D eigenvalue weighted by Gasteiger charge is -2.27. The molecule has 12 N–H and O–H groups in total. The van der Waals surface area contributed by atoms with Gasteiger partial charge < -0.3 is 80.4 Å². The second-order valence-corrected chi connectivity index (χ2v) is 21.5. The minimum absolute atomic E-state index is 0.0235. The standard InChI is InChI=1S/C68H74N8O22/c69-58(70)36-43-9-15-48(16-10-43)64(87)97-53-21-11-44(12-22-53)41-95-67(89)75(55(62(83)84)37-59(78)79)39-46-4-1-6-50(34-46)57(77)8-3-26-91-28-30-93-32-33-94-31-29-92-27-25-73-61(82)51-7-2-5-47(35-51)40-76(56(63(85)86)38-60(80)81)68(90)96-42-45-13-23-54(24-14-45)98-65(88)49-17-19-52(20-18-49)74-66(71)72/h1-2,4-7,9-24,34-35,55-56H,3,8,25-33,36-42H2,(H3,69,70)(H,73,82)(H,78,79)(H,80,81)(H,83,84)(H,85,86)(H4,71,72,74)/t55-,56-/m0/s1. The highest BCUT2D eigenvalue weighted by atomic mass is 16.6. The normalized spacial score (nSPS) is 11.4. The number of esters is 2. The van der Waals surface area contributed by atoms with Crippen LogP contribution in [0.2, 0.25) is 0 Å². The lowest BCUT2D eigenvalue weighted by Crippen LogP contribution is -2.46. The quantitative estimate of drug-likeness (QED) is 0.00489. The summed E-state index contributed by atoms with van der Waals surface area (Å²) in [6, 6.07) is 32.7. The number of nitrogens with two attached hydrogens (primary N) is 2. The number of rotatable bonds is 41. The van der Waals surface area contributed by atoms with Crippen molar-refractivity contribution >= 4 is 77.2 Å². The Morgan fingerprint density at radius 3 is 1.33 bits per heavy atom. The van der Waals surface area contributed by atoms with Gasteiger partial charge in [-0.15, -0.1) is 0 Å². The molecule has 0 aliphatic heterocycles. The van der Waals surface area contributed by atoms with E-state index in [-0.39, 0.29) is 137 Å². The molecule has 98 heavy (non-hydrogen) atoms. The predicted molar refractivity (Wildman–Crippen MR) is 348 cm³/mol. The zero-order chi connectivity index (χ0) is 70.9. The lowest BCUT2D eigenvalue weighted by atomic mass is 10.0. The molecule has 0 unspecified atom stereocenters. The van der Waals surface area contributed by atoms with E-state index in [2.05, 4.69) is 10.6 Å². The van der Waals surface area contributed by atoms with Gasteiger partial charge in [-0.3, -0.25) is 39.8 Å². The summed E-state index contributed by atoms with van der Waals surface area (Å²) >= 11 is 0. The first kappa shape index (κ1) is 75.4. The van der Waals surface area contributed by atoms with Gasteiger partial charge in [0.15, 0.2) is 11.7 Å². The third-order valence-electron chi connectivity index (χ3n) is 14.0. The smallest absolute Gasteiger partial charge is 0.411 e. The molecule has 30 nitrogen and oxygen atoms in total. The van der Waals surface area contributed by atoms with E-state index >= 15 is 0 Å². The van der Waals surface area contributed by atoms with Gasteiger partial charge in [0.2, 0.25) is 0 Å². The number of hydrogen-bond donors (Lipinski definition) is 10. The topological polar surface area (TPSA) is 456 Å². The number of guanidine groups is 1. The van der Waals surface area contributed by atoms with E-state index in [1.165, 1.54) is 103 Å². The number of Topliss-reactive ketones (excluding diaryl/α,β-unsaturated/α-hetero) is 1. The molecule has 6 rings (SSSR count). The monoisotopic (exact) mass is 1350 g/mol. The van der Waals surface area contributed by atoms with E-state index in [9.17, 15) is 68.4 Å². The number of amides is 3. The average molecular weight is 1360 g/mol. The fourth-order valence-electron chi connectivity index (χ4n) is 9.14. The number of carbonyl (C=O) groups is 10. The van der Waals surface area contributed by atoms with Crippen molar-refractivity contribution in [3.8, 4) is 11.5 Å². The van der Waals surface area contributed by atoms with Crippen LogP contribution in [0.25, 0.3) is 0 Å². The van der Waals surface area contributed by atoms with Crippen molar-refractivity contribution < 1.29 is 106 Å². The molecule has 0 spiro atoms. The Labute approximate surface area is 561 Å². The number of benzene rings is 6. The molecule has 0 fully saturated rings. The number of carboxylic acid groups (broad SMARTS) is 4. The molecule has 0 bridgehead atoms. The first-order chi connectivity index (χ1) is 47.0. The molecule has 518 valence electrons. The van der Waals surface area contributed by atoms with Crippen molar-refractivity contribution in [3.63, 3.8) is 0 Å². The molecule has 0 aliphatic carbocycles. The second-order valence-electron chi connectivity index (χ2n) is 21.5. The minimum atomic E-state index is -1.85. The van der Waals surface area contributed by atoms with E-state index in [1.807, 2.05) is 0 Å². The van der Waals surface area contributed by atoms with Gasteiger partial charge in [0.25, 0.3) is 5.91 Å². The summed E-state index contributed by atoms with van der Waals surface area (Å²) in [6.45, 7) is 0.245. The maximum Gasteiger partial charge on any atom is 0.411 e. The summed E-state index contributed by atoms with van der Waals surface area (Å²) in [5.74, 6) is -8.22. The zero-order valence-corrected chi connectivity index (χ0v) is 52.9. The number of ether oxygens (including phenoxy) is 8. The van der Waals surface area contributed by atoms with Crippen molar-refractivity contribution in [2.24, 2.45) is 11.5 Å². The highest BCUT2D eigenvalue weighted by Gasteiger charge is 2.35. The molecule has 0 aromatic heterocycles.